The highest BCUT2D eigenvalue weighted by Gasteiger charge is 2.16. The molecule has 1 aliphatic heterocycles. The number of hydrogen-bond acceptors (Lipinski definition) is 6. The molecule has 0 unspecified atom stereocenters. The Labute approximate surface area is 197 Å². The number of nitrogens with zero attached hydrogens (tertiary/aromatic N) is 1. The number of fused-ring (bicyclic) bond motifs is 1. The van der Waals surface area contributed by atoms with Gasteiger partial charge in [-0.05, 0) is 43.3 Å². The van der Waals surface area contributed by atoms with Crippen LogP contribution in [0.2, 0.25) is 5.02 Å². The zero-order chi connectivity index (χ0) is 23.8. The van der Waals surface area contributed by atoms with Crippen LogP contribution in [0, 0.1) is 6.92 Å². The summed E-state index contributed by atoms with van der Waals surface area (Å²) in [6, 6.07) is 10.4. The quantitative estimate of drug-likeness (QED) is 0.515. The summed E-state index contributed by atoms with van der Waals surface area (Å²) in [6.45, 7) is 4.89. The SMILES string of the molecule is CCN(CC(=O)NCC(=O)Nc1cccc(Cl)c1C)CC(=O)Nc1ccc2c(c1)OCCO2. The molecule has 0 bridgehead atoms. The van der Waals surface area contributed by atoms with Crippen molar-refractivity contribution in [2.24, 2.45) is 0 Å². The van der Waals surface area contributed by atoms with Crippen LogP contribution >= 0.6 is 11.6 Å². The highest BCUT2D eigenvalue weighted by Crippen LogP contribution is 2.32. The van der Waals surface area contributed by atoms with E-state index < -0.39 is 0 Å². The zero-order valence-corrected chi connectivity index (χ0v) is 19.3. The maximum atomic E-state index is 12.4. The number of halogens is 1. The monoisotopic (exact) mass is 474 g/mol. The van der Waals surface area contributed by atoms with E-state index in [9.17, 15) is 14.4 Å². The van der Waals surface area contributed by atoms with Crippen molar-refractivity contribution >= 4 is 40.7 Å². The van der Waals surface area contributed by atoms with Crippen LogP contribution in [0.3, 0.4) is 0 Å². The van der Waals surface area contributed by atoms with E-state index >= 15 is 0 Å². The van der Waals surface area contributed by atoms with Gasteiger partial charge in [0.05, 0.1) is 19.6 Å². The van der Waals surface area contributed by atoms with Gasteiger partial charge in [0.15, 0.2) is 11.5 Å². The molecule has 176 valence electrons. The van der Waals surface area contributed by atoms with E-state index in [1.54, 1.807) is 48.2 Å². The highest BCUT2D eigenvalue weighted by atomic mass is 35.5. The molecule has 0 spiro atoms. The Bertz CT molecular complexity index is 1030. The number of anilines is 2. The van der Waals surface area contributed by atoms with Crippen molar-refractivity contribution in [2.45, 2.75) is 13.8 Å². The van der Waals surface area contributed by atoms with Gasteiger partial charge in [0.1, 0.15) is 13.2 Å². The average Bonchev–Trinajstić information content (AvgIpc) is 2.80. The minimum absolute atomic E-state index is 0.0193. The Kier molecular flexibility index (Phi) is 8.51. The van der Waals surface area contributed by atoms with Gasteiger partial charge in [0, 0.05) is 22.5 Å². The van der Waals surface area contributed by atoms with E-state index in [2.05, 4.69) is 16.0 Å². The second-order valence-corrected chi connectivity index (χ2v) is 7.85. The number of nitrogens with one attached hydrogen (secondary N) is 3. The van der Waals surface area contributed by atoms with Crippen LogP contribution in [0.4, 0.5) is 11.4 Å². The predicted molar refractivity (Wildman–Crippen MR) is 126 cm³/mol. The number of amides is 3. The summed E-state index contributed by atoms with van der Waals surface area (Å²) >= 11 is 6.05. The summed E-state index contributed by atoms with van der Waals surface area (Å²) in [4.78, 5) is 38.5. The van der Waals surface area contributed by atoms with Crippen molar-refractivity contribution in [2.75, 3.05) is 50.0 Å². The highest BCUT2D eigenvalue weighted by molar-refractivity contribution is 6.31. The van der Waals surface area contributed by atoms with Crippen molar-refractivity contribution < 1.29 is 23.9 Å². The van der Waals surface area contributed by atoms with Crippen LogP contribution in [-0.4, -0.2) is 62.0 Å². The largest absolute Gasteiger partial charge is 0.486 e. The van der Waals surface area contributed by atoms with Gasteiger partial charge in [-0.2, -0.15) is 0 Å². The molecule has 0 saturated carbocycles. The number of rotatable bonds is 9. The van der Waals surface area contributed by atoms with Crippen LogP contribution in [0.5, 0.6) is 11.5 Å². The van der Waals surface area contributed by atoms with Gasteiger partial charge in [-0.3, -0.25) is 19.3 Å². The van der Waals surface area contributed by atoms with Crippen molar-refractivity contribution in [3.63, 3.8) is 0 Å². The molecule has 0 aliphatic carbocycles. The molecule has 2 aromatic rings. The lowest BCUT2D eigenvalue weighted by Crippen LogP contribution is -2.43. The lowest BCUT2D eigenvalue weighted by atomic mass is 10.2. The smallest absolute Gasteiger partial charge is 0.243 e. The molecule has 0 atom stereocenters. The van der Waals surface area contributed by atoms with Gasteiger partial charge in [0.2, 0.25) is 17.7 Å². The molecule has 3 amide bonds. The van der Waals surface area contributed by atoms with Gasteiger partial charge in [0.25, 0.3) is 0 Å². The van der Waals surface area contributed by atoms with Crippen LogP contribution in [-0.2, 0) is 14.4 Å². The van der Waals surface area contributed by atoms with Gasteiger partial charge in [-0.15, -0.1) is 0 Å². The van der Waals surface area contributed by atoms with Crippen molar-refractivity contribution in [1.29, 1.82) is 0 Å². The molecular formula is C23H27ClN4O5. The van der Waals surface area contributed by atoms with Crippen LogP contribution in [0.25, 0.3) is 0 Å². The van der Waals surface area contributed by atoms with E-state index in [-0.39, 0.29) is 37.4 Å². The molecule has 0 aromatic heterocycles. The van der Waals surface area contributed by atoms with Gasteiger partial charge in [-0.25, -0.2) is 0 Å². The second-order valence-electron chi connectivity index (χ2n) is 7.45. The molecule has 0 fully saturated rings. The topological polar surface area (TPSA) is 109 Å². The Hall–Kier alpha value is -3.30. The third-order valence-electron chi connectivity index (χ3n) is 5.00. The first kappa shape index (κ1) is 24.3. The lowest BCUT2D eigenvalue weighted by molar-refractivity contribution is -0.125. The minimum Gasteiger partial charge on any atom is -0.486 e. The summed E-state index contributed by atoms with van der Waals surface area (Å²) in [5, 5.41) is 8.63. The Morgan fingerprint density at radius 3 is 2.45 bits per heavy atom. The first-order valence-corrected chi connectivity index (χ1v) is 11.0. The number of likely N-dealkylation sites (N-methyl/N-ethyl adjacent to an activating group) is 1. The van der Waals surface area contributed by atoms with Gasteiger partial charge >= 0.3 is 0 Å². The summed E-state index contributed by atoms with van der Waals surface area (Å²) in [7, 11) is 0. The molecule has 10 heteroatoms. The molecular weight excluding hydrogens is 448 g/mol. The van der Waals surface area contributed by atoms with Crippen molar-refractivity contribution in [1.82, 2.24) is 10.2 Å². The molecule has 0 radical (unpaired) electrons. The minimum atomic E-state index is -0.367. The molecule has 1 heterocycles. The number of hydrogen-bond donors (Lipinski definition) is 3. The van der Waals surface area contributed by atoms with E-state index in [1.165, 1.54) is 0 Å². The summed E-state index contributed by atoms with van der Waals surface area (Å²) in [6.07, 6.45) is 0. The number of benzene rings is 2. The number of carbonyl (C=O) groups excluding carboxylic acids is 3. The van der Waals surface area contributed by atoms with E-state index in [0.29, 0.717) is 47.7 Å². The zero-order valence-electron chi connectivity index (χ0n) is 18.6. The predicted octanol–water partition coefficient (Wildman–Crippen LogP) is 2.43. The maximum absolute atomic E-state index is 12.4. The first-order chi connectivity index (χ1) is 15.9. The normalized spacial score (nSPS) is 12.2. The van der Waals surface area contributed by atoms with Crippen molar-refractivity contribution in [3.8, 4) is 11.5 Å². The summed E-state index contributed by atoms with van der Waals surface area (Å²) < 4.78 is 11.0. The first-order valence-electron chi connectivity index (χ1n) is 10.6. The standard InChI is InChI=1S/C23H27ClN4O5/c1-3-28(14-23(31)26-16-7-8-19-20(11-16)33-10-9-32-19)13-22(30)25-12-21(29)27-18-6-4-5-17(24)15(18)2/h4-8,11H,3,9-10,12-14H2,1-2H3,(H,25,30)(H,26,31)(H,27,29). The van der Waals surface area contributed by atoms with Crippen LogP contribution in [0.15, 0.2) is 36.4 Å². The van der Waals surface area contributed by atoms with Crippen molar-refractivity contribution in [3.05, 3.63) is 47.0 Å². The van der Waals surface area contributed by atoms with E-state index in [4.69, 9.17) is 21.1 Å². The molecule has 2 aromatic carbocycles. The molecule has 3 N–H and O–H groups in total. The fourth-order valence-corrected chi connectivity index (χ4v) is 3.35. The Morgan fingerprint density at radius 1 is 0.970 bits per heavy atom. The molecule has 1 aliphatic rings. The summed E-state index contributed by atoms with van der Waals surface area (Å²) in [5.74, 6) is 0.225. The van der Waals surface area contributed by atoms with E-state index in [1.807, 2.05) is 6.92 Å². The molecule has 0 saturated heterocycles. The van der Waals surface area contributed by atoms with E-state index in [0.717, 1.165) is 5.56 Å². The van der Waals surface area contributed by atoms with Crippen LogP contribution in [0.1, 0.15) is 12.5 Å². The molecule has 9 nitrogen and oxygen atoms in total. The fourth-order valence-electron chi connectivity index (χ4n) is 3.18. The third kappa shape index (κ3) is 7.10. The fraction of sp³-hybridized carbons (Fsp3) is 0.348. The number of carbonyl (C=O) groups is 3. The second kappa shape index (κ2) is 11.5. The third-order valence-corrected chi connectivity index (χ3v) is 5.40. The molecule has 33 heavy (non-hydrogen) atoms. The Morgan fingerprint density at radius 2 is 1.70 bits per heavy atom. The van der Waals surface area contributed by atoms with Crippen LogP contribution < -0.4 is 25.4 Å². The lowest BCUT2D eigenvalue weighted by Gasteiger charge is -2.21. The number of ether oxygens (including phenoxy) is 2. The maximum Gasteiger partial charge on any atom is 0.243 e. The van der Waals surface area contributed by atoms with Gasteiger partial charge in [-0.1, -0.05) is 24.6 Å². The Balaban J connectivity index is 1.44. The summed E-state index contributed by atoms with van der Waals surface area (Å²) in [5.41, 5.74) is 1.92. The molecule has 3 rings (SSSR count). The average molecular weight is 475 g/mol. The van der Waals surface area contributed by atoms with Gasteiger partial charge < -0.3 is 25.4 Å².